The van der Waals surface area contributed by atoms with E-state index < -0.39 is 0 Å². The Morgan fingerprint density at radius 3 is 2.90 bits per heavy atom. The van der Waals surface area contributed by atoms with Crippen LogP contribution in [-0.2, 0) is 0 Å². The zero-order valence-electron chi connectivity index (χ0n) is 11.6. The van der Waals surface area contributed by atoms with Gasteiger partial charge in [-0.15, -0.1) is 11.3 Å². The molecule has 0 aliphatic rings. The summed E-state index contributed by atoms with van der Waals surface area (Å²) >= 11 is 2.84. The number of benzene rings is 1. The number of fused-ring (bicyclic) bond motifs is 1. The summed E-state index contributed by atoms with van der Waals surface area (Å²) < 4.78 is 1.06. The lowest BCUT2D eigenvalue weighted by atomic mass is 10.2. The largest absolute Gasteiger partial charge is 0.322 e. The van der Waals surface area contributed by atoms with Crippen molar-refractivity contribution in [3.63, 3.8) is 0 Å². The van der Waals surface area contributed by atoms with Gasteiger partial charge in [-0.1, -0.05) is 17.4 Å². The summed E-state index contributed by atoms with van der Waals surface area (Å²) in [6.45, 7) is 3.87. The summed E-state index contributed by atoms with van der Waals surface area (Å²) in [5, 5.41) is 5.83. The lowest BCUT2D eigenvalue weighted by molar-refractivity contribution is 0.102. The number of rotatable bonds is 3. The number of nitrogens with zero attached hydrogens (tertiary/aromatic N) is 2. The molecule has 1 atom stereocenters. The van der Waals surface area contributed by atoms with Crippen molar-refractivity contribution in [2.24, 2.45) is 5.73 Å². The minimum atomic E-state index is -0.256. The van der Waals surface area contributed by atoms with E-state index in [1.807, 2.05) is 26.0 Å². The molecule has 1 amide bonds. The summed E-state index contributed by atoms with van der Waals surface area (Å²) in [5.41, 5.74) is 8.18. The molecule has 2 aromatic heterocycles. The summed E-state index contributed by atoms with van der Waals surface area (Å²) in [6.07, 6.45) is 0. The van der Waals surface area contributed by atoms with Crippen molar-refractivity contribution >= 4 is 43.9 Å². The maximum absolute atomic E-state index is 12.2. The Hall–Kier alpha value is -1.83. The van der Waals surface area contributed by atoms with Crippen LogP contribution in [0.3, 0.4) is 0 Å². The molecule has 5 nitrogen and oxygen atoms in total. The lowest BCUT2D eigenvalue weighted by Gasteiger charge is -1.98. The number of aryl methyl sites for hydroxylation is 1. The maximum atomic E-state index is 12.2. The number of hydrogen-bond donors (Lipinski definition) is 2. The SMILES string of the molecule is Cc1ccc2nc(NC(=O)c3csc(C(C)N)n3)sc2c1. The van der Waals surface area contributed by atoms with Crippen LogP contribution in [0.4, 0.5) is 5.13 Å². The number of carbonyl (C=O) groups excluding carboxylic acids is 1. The number of nitrogens with two attached hydrogens (primary N) is 1. The van der Waals surface area contributed by atoms with Crippen molar-refractivity contribution in [3.8, 4) is 0 Å². The van der Waals surface area contributed by atoms with E-state index in [1.165, 1.54) is 28.2 Å². The van der Waals surface area contributed by atoms with E-state index in [0.717, 1.165) is 15.2 Å². The molecule has 0 aliphatic heterocycles. The van der Waals surface area contributed by atoms with Crippen molar-refractivity contribution in [1.29, 1.82) is 0 Å². The monoisotopic (exact) mass is 318 g/mol. The first kappa shape index (κ1) is 14.1. The Balaban J connectivity index is 1.81. The Bertz CT molecular complexity index is 806. The molecule has 108 valence electrons. The molecular weight excluding hydrogens is 304 g/mol. The summed E-state index contributed by atoms with van der Waals surface area (Å²) in [6, 6.07) is 5.85. The first-order valence-corrected chi connectivity index (χ1v) is 8.12. The standard InChI is InChI=1S/C14H14N4OS2/c1-7-3-4-9-11(5-7)21-14(17-9)18-12(19)10-6-20-13(16-10)8(2)15/h3-6,8H,15H2,1-2H3,(H,17,18,19). The number of carbonyl (C=O) groups is 1. The Kier molecular flexibility index (Phi) is 3.71. The van der Waals surface area contributed by atoms with Gasteiger partial charge in [0.2, 0.25) is 0 Å². The predicted octanol–water partition coefficient (Wildman–Crippen LogP) is 3.33. The van der Waals surface area contributed by atoms with Crippen LogP contribution < -0.4 is 11.1 Å². The lowest BCUT2D eigenvalue weighted by Crippen LogP contribution is -2.13. The molecule has 3 aromatic rings. The van der Waals surface area contributed by atoms with E-state index >= 15 is 0 Å². The Morgan fingerprint density at radius 1 is 1.38 bits per heavy atom. The highest BCUT2D eigenvalue weighted by Gasteiger charge is 2.14. The van der Waals surface area contributed by atoms with E-state index in [-0.39, 0.29) is 11.9 Å². The van der Waals surface area contributed by atoms with E-state index in [1.54, 1.807) is 5.38 Å². The number of thiazole rings is 2. The average Bonchev–Trinajstić information content (AvgIpc) is 3.03. The van der Waals surface area contributed by atoms with Gasteiger partial charge in [-0.05, 0) is 31.5 Å². The highest BCUT2D eigenvalue weighted by atomic mass is 32.1. The Morgan fingerprint density at radius 2 is 2.19 bits per heavy atom. The van der Waals surface area contributed by atoms with Crippen LogP contribution in [-0.4, -0.2) is 15.9 Å². The van der Waals surface area contributed by atoms with Gasteiger partial charge in [-0.3, -0.25) is 10.1 Å². The van der Waals surface area contributed by atoms with E-state index in [9.17, 15) is 4.79 Å². The van der Waals surface area contributed by atoms with Gasteiger partial charge >= 0.3 is 0 Å². The molecule has 0 saturated carbocycles. The minimum Gasteiger partial charge on any atom is -0.322 e. The van der Waals surface area contributed by atoms with Crippen LogP contribution >= 0.6 is 22.7 Å². The molecule has 0 spiro atoms. The van der Waals surface area contributed by atoms with Crippen LogP contribution in [0.5, 0.6) is 0 Å². The number of aromatic nitrogens is 2. The zero-order chi connectivity index (χ0) is 15.0. The average molecular weight is 318 g/mol. The molecule has 3 rings (SSSR count). The van der Waals surface area contributed by atoms with Crippen molar-refractivity contribution < 1.29 is 4.79 Å². The smallest absolute Gasteiger partial charge is 0.276 e. The number of anilines is 1. The summed E-state index contributed by atoms with van der Waals surface area (Å²) in [5.74, 6) is -0.256. The first-order chi connectivity index (χ1) is 10.0. The maximum Gasteiger partial charge on any atom is 0.276 e. The second-order valence-electron chi connectivity index (χ2n) is 4.80. The molecule has 0 bridgehead atoms. The second-order valence-corrected chi connectivity index (χ2v) is 6.72. The van der Waals surface area contributed by atoms with Gasteiger partial charge in [0, 0.05) is 5.38 Å². The van der Waals surface area contributed by atoms with Gasteiger partial charge in [-0.25, -0.2) is 9.97 Å². The molecule has 1 unspecified atom stereocenters. The second kappa shape index (κ2) is 5.51. The number of nitrogens with one attached hydrogen (secondary N) is 1. The molecular formula is C14H14N4OS2. The van der Waals surface area contributed by atoms with Crippen LogP contribution in [0.1, 0.15) is 34.0 Å². The van der Waals surface area contributed by atoms with E-state index in [4.69, 9.17) is 5.73 Å². The summed E-state index contributed by atoms with van der Waals surface area (Å²) in [7, 11) is 0. The number of amides is 1. The molecule has 0 radical (unpaired) electrons. The molecule has 0 fully saturated rings. The van der Waals surface area contributed by atoms with Crippen molar-refractivity contribution in [3.05, 3.63) is 39.8 Å². The normalized spacial score (nSPS) is 12.5. The third-order valence-corrected chi connectivity index (χ3v) is 4.89. The van der Waals surface area contributed by atoms with Gasteiger partial charge in [0.1, 0.15) is 10.7 Å². The van der Waals surface area contributed by atoms with Crippen molar-refractivity contribution in [2.45, 2.75) is 19.9 Å². The molecule has 0 aliphatic carbocycles. The quantitative estimate of drug-likeness (QED) is 0.776. The molecule has 0 saturated heterocycles. The van der Waals surface area contributed by atoms with Crippen LogP contribution in [0, 0.1) is 6.92 Å². The number of hydrogen-bond acceptors (Lipinski definition) is 6. The van der Waals surface area contributed by atoms with Crippen molar-refractivity contribution in [1.82, 2.24) is 9.97 Å². The van der Waals surface area contributed by atoms with Crippen LogP contribution in [0.15, 0.2) is 23.6 Å². The van der Waals surface area contributed by atoms with Gasteiger partial charge in [0.25, 0.3) is 5.91 Å². The van der Waals surface area contributed by atoms with Gasteiger partial charge in [0.05, 0.1) is 16.3 Å². The predicted molar refractivity (Wildman–Crippen MR) is 87.0 cm³/mol. The van der Waals surface area contributed by atoms with E-state index in [0.29, 0.717) is 10.8 Å². The molecule has 2 heterocycles. The minimum absolute atomic E-state index is 0.165. The highest BCUT2D eigenvalue weighted by molar-refractivity contribution is 7.22. The Labute approximate surface area is 129 Å². The fraction of sp³-hybridized carbons (Fsp3) is 0.214. The third-order valence-electron chi connectivity index (χ3n) is 2.91. The zero-order valence-corrected chi connectivity index (χ0v) is 13.2. The fourth-order valence-electron chi connectivity index (χ4n) is 1.85. The molecule has 3 N–H and O–H groups in total. The fourth-order valence-corrected chi connectivity index (χ4v) is 3.56. The molecule has 1 aromatic carbocycles. The topological polar surface area (TPSA) is 80.9 Å². The first-order valence-electron chi connectivity index (χ1n) is 6.42. The highest BCUT2D eigenvalue weighted by Crippen LogP contribution is 2.27. The van der Waals surface area contributed by atoms with Crippen LogP contribution in [0.25, 0.3) is 10.2 Å². The molecule has 21 heavy (non-hydrogen) atoms. The van der Waals surface area contributed by atoms with Gasteiger partial charge in [0.15, 0.2) is 5.13 Å². The summed E-state index contributed by atoms with van der Waals surface area (Å²) in [4.78, 5) is 20.8. The molecule has 7 heteroatoms. The van der Waals surface area contributed by atoms with Gasteiger partial charge < -0.3 is 5.73 Å². The van der Waals surface area contributed by atoms with Gasteiger partial charge in [-0.2, -0.15) is 0 Å². The third kappa shape index (κ3) is 2.94. The van der Waals surface area contributed by atoms with Crippen LogP contribution in [0.2, 0.25) is 0 Å². The van der Waals surface area contributed by atoms with Crippen molar-refractivity contribution in [2.75, 3.05) is 5.32 Å². The van der Waals surface area contributed by atoms with E-state index in [2.05, 4.69) is 21.4 Å².